The molecule has 1 aliphatic heterocycles. The second-order valence-electron chi connectivity index (χ2n) is 11.5. The first-order chi connectivity index (χ1) is 19.5. The highest BCUT2D eigenvalue weighted by atomic mass is 16.5. The van der Waals surface area contributed by atoms with Crippen molar-refractivity contribution in [1.82, 2.24) is 21.1 Å². The van der Waals surface area contributed by atoms with Gasteiger partial charge in [-0.2, -0.15) is 0 Å². The van der Waals surface area contributed by atoms with Crippen molar-refractivity contribution < 1.29 is 33.5 Å². The second-order valence-corrected chi connectivity index (χ2v) is 11.5. The lowest BCUT2D eigenvalue weighted by Crippen LogP contribution is -2.61. The van der Waals surface area contributed by atoms with Gasteiger partial charge in [0.05, 0.1) is 12.0 Å². The molecule has 1 heterocycles. The molecule has 1 fully saturated rings. The summed E-state index contributed by atoms with van der Waals surface area (Å²) >= 11 is 0. The third kappa shape index (κ3) is 8.94. The second kappa shape index (κ2) is 14.9. The fourth-order valence-electron chi connectivity index (χ4n) is 5.14. The summed E-state index contributed by atoms with van der Waals surface area (Å²) in [6, 6.07) is 5.37. The molecule has 1 aromatic carbocycles. The topological polar surface area (TPSA) is 151 Å². The molecule has 3 rings (SSSR count). The number of rotatable bonds is 12. The first-order valence-corrected chi connectivity index (χ1v) is 14.4. The lowest BCUT2D eigenvalue weighted by atomic mass is 9.83. The zero-order chi connectivity index (χ0) is 30.1. The van der Waals surface area contributed by atoms with Gasteiger partial charge in [-0.1, -0.05) is 52.0 Å². The number of hydrogen-bond acceptors (Lipinski definition) is 8. The highest BCUT2D eigenvalue weighted by Gasteiger charge is 2.36. The SMILES string of the molecule is CC(C)CC(=O)NCCC(=O)N1NCCC[C@H]1C(=O)N[C@H](C(=O)COC(=O)C1CC(=O)c2ccccc2C1)C(C)C. The largest absolute Gasteiger partial charge is 0.457 e. The van der Waals surface area contributed by atoms with Gasteiger partial charge in [0, 0.05) is 37.9 Å². The molecule has 3 N–H and O–H groups in total. The Kier molecular flexibility index (Phi) is 11.6. The fourth-order valence-corrected chi connectivity index (χ4v) is 5.14. The van der Waals surface area contributed by atoms with Crippen LogP contribution in [0.15, 0.2) is 24.3 Å². The first kappa shape index (κ1) is 31.9. The maximum Gasteiger partial charge on any atom is 0.310 e. The third-order valence-corrected chi connectivity index (χ3v) is 7.29. The van der Waals surface area contributed by atoms with Gasteiger partial charge in [0.1, 0.15) is 6.04 Å². The van der Waals surface area contributed by atoms with E-state index in [1.165, 1.54) is 5.01 Å². The summed E-state index contributed by atoms with van der Waals surface area (Å²) in [7, 11) is 0. The van der Waals surface area contributed by atoms with E-state index in [2.05, 4.69) is 16.1 Å². The van der Waals surface area contributed by atoms with Crippen molar-refractivity contribution >= 4 is 35.3 Å². The molecule has 1 aliphatic carbocycles. The zero-order valence-corrected chi connectivity index (χ0v) is 24.4. The lowest BCUT2D eigenvalue weighted by molar-refractivity contribution is -0.153. The van der Waals surface area contributed by atoms with Crippen LogP contribution in [-0.2, 0) is 35.1 Å². The van der Waals surface area contributed by atoms with Gasteiger partial charge in [-0.3, -0.25) is 33.8 Å². The first-order valence-electron chi connectivity index (χ1n) is 14.4. The average Bonchev–Trinajstić information content (AvgIpc) is 2.93. The summed E-state index contributed by atoms with van der Waals surface area (Å²) in [4.78, 5) is 76.2. The molecule has 11 nitrogen and oxygen atoms in total. The molecular weight excluding hydrogens is 528 g/mol. The van der Waals surface area contributed by atoms with Crippen LogP contribution in [0.1, 0.15) is 75.7 Å². The van der Waals surface area contributed by atoms with Crippen molar-refractivity contribution in [1.29, 1.82) is 0 Å². The van der Waals surface area contributed by atoms with Crippen molar-refractivity contribution in [3.8, 4) is 0 Å². The summed E-state index contributed by atoms with van der Waals surface area (Å²) in [6.45, 7) is 7.55. The quantitative estimate of drug-likeness (QED) is 0.322. The van der Waals surface area contributed by atoms with E-state index in [0.29, 0.717) is 37.8 Å². The number of carbonyl (C=O) groups excluding carboxylic acids is 6. The van der Waals surface area contributed by atoms with Crippen LogP contribution in [0.4, 0.5) is 0 Å². The predicted octanol–water partition coefficient (Wildman–Crippen LogP) is 1.73. The number of fused-ring (bicyclic) bond motifs is 1. The van der Waals surface area contributed by atoms with Crippen molar-refractivity contribution in [2.75, 3.05) is 19.7 Å². The maximum absolute atomic E-state index is 13.3. The van der Waals surface area contributed by atoms with Crippen molar-refractivity contribution in [3.05, 3.63) is 35.4 Å². The number of Topliss-reactive ketones (excluding diaryl/α,β-unsaturated/α-hetero) is 2. The minimum atomic E-state index is -0.932. The normalized spacial score (nSPS) is 19.4. The van der Waals surface area contributed by atoms with Crippen LogP contribution in [0.25, 0.3) is 0 Å². The highest BCUT2D eigenvalue weighted by molar-refractivity contribution is 6.01. The number of nitrogens with zero attached hydrogens (tertiary/aromatic N) is 1. The van der Waals surface area contributed by atoms with Crippen molar-refractivity contribution in [3.63, 3.8) is 0 Å². The standard InChI is InChI=1S/C30H42N4O7/c1-18(2)14-26(37)31-13-11-27(38)34-23(10-7-12-32-34)29(39)33-28(19(3)4)25(36)17-41-30(40)21-15-20-8-5-6-9-22(20)24(35)16-21/h5-6,8-9,18-19,21,23,28,32H,7,10-17H2,1-4H3,(H,31,37)(H,33,39)/t21?,23-,28-/m0/s1. The van der Waals surface area contributed by atoms with Crippen LogP contribution in [-0.4, -0.2) is 72.0 Å². The number of ether oxygens (including phenoxy) is 1. The monoisotopic (exact) mass is 570 g/mol. The van der Waals surface area contributed by atoms with E-state index < -0.39 is 42.3 Å². The Bertz CT molecular complexity index is 1150. The molecule has 0 aromatic heterocycles. The Morgan fingerprint density at radius 3 is 2.51 bits per heavy atom. The summed E-state index contributed by atoms with van der Waals surface area (Å²) in [5, 5.41) is 6.76. The van der Waals surface area contributed by atoms with Gasteiger partial charge in [-0.25, -0.2) is 5.43 Å². The van der Waals surface area contributed by atoms with E-state index in [1.807, 2.05) is 19.9 Å². The highest BCUT2D eigenvalue weighted by Crippen LogP contribution is 2.26. The summed E-state index contributed by atoms with van der Waals surface area (Å²) < 4.78 is 5.31. The maximum atomic E-state index is 13.3. The minimum absolute atomic E-state index is 0.0222. The van der Waals surface area contributed by atoms with E-state index in [4.69, 9.17) is 4.74 Å². The molecule has 1 saturated heterocycles. The molecule has 2 aliphatic rings. The summed E-state index contributed by atoms with van der Waals surface area (Å²) in [5.74, 6) is -2.94. The predicted molar refractivity (Wildman–Crippen MR) is 150 cm³/mol. The Balaban J connectivity index is 1.54. The van der Waals surface area contributed by atoms with Gasteiger partial charge >= 0.3 is 5.97 Å². The molecule has 0 bridgehead atoms. The van der Waals surface area contributed by atoms with E-state index in [0.717, 1.165) is 5.56 Å². The van der Waals surface area contributed by atoms with Crippen LogP contribution >= 0.6 is 0 Å². The molecule has 11 heteroatoms. The molecule has 1 aromatic rings. The van der Waals surface area contributed by atoms with E-state index in [-0.39, 0.29) is 48.8 Å². The minimum Gasteiger partial charge on any atom is -0.457 e. The van der Waals surface area contributed by atoms with Gasteiger partial charge in [0.25, 0.3) is 0 Å². The molecule has 3 atom stereocenters. The third-order valence-electron chi connectivity index (χ3n) is 7.29. The number of nitrogens with one attached hydrogen (secondary N) is 3. The van der Waals surface area contributed by atoms with Gasteiger partial charge in [-0.05, 0) is 36.7 Å². The molecule has 3 amide bonds. The average molecular weight is 571 g/mol. The van der Waals surface area contributed by atoms with Crippen LogP contribution in [0.2, 0.25) is 0 Å². The molecule has 41 heavy (non-hydrogen) atoms. The number of hydrogen-bond donors (Lipinski definition) is 3. The molecule has 0 radical (unpaired) electrons. The molecule has 0 saturated carbocycles. The number of amides is 3. The fraction of sp³-hybridized carbons (Fsp3) is 0.600. The zero-order valence-electron chi connectivity index (χ0n) is 24.4. The van der Waals surface area contributed by atoms with Crippen molar-refractivity contribution in [2.45, 2.75) is 78.3 Å². The molecular formula is C30H42N4O7. The van der Waals surface area contributed by atoms with Gasteiger partial charge in [0.15, 0.2) is 18.2 Å². The smallest absolute Gasteiger partial charge is 0.310 e. The number of carbonyl (C=O) groups is 6. The van der Waals surface area contributed by atoms with Gasteiger partial charge in [0.2, 0.25) is 17.7 Å². The number of ketones is 2. The summed E-state index contributed by atoms with van der Waals surface area (Å²) in [5.41, 5.74) is 4.35. The van der Waals surface area contributed by atoms with Crippen molar-refractivity contribution in [2.24, 2.45) is 17.8 Å². The number of esters is 1. The summed E-state index contributed by atoms with van der Waals surface area (Å²) in [6.07, 6.45) is 1.85. The van der Waals surface area contributed by atoms with E-state index in [1.54, 1.807) is 32.0 Å². The van der Waals surface area contributed by atoms with Crippen LogP contribution in [0.3, 0.4) is 0 Å². The number of hydrazine groups is 1. The van der Waals surface area contributed by atoms with Crippen LogP contribution in [0, 0.1) is 17.8 Å². The Morgan fingerprint density at radius 2 is 1.80 bits per heavy atom. The Labute approximate surface area is 241 Å². The Morgan fingerprint density at radius 1 is 1.07 bits per heavy atom. The van der Waals surface area contributed by atoms with Crippen LogP contribution < -0.4 is 16.1 Å². The van der Waals surface area contributed by atoms with Gasteiger partial charge < -0.3 is 15.4 Å². The number of benzene rings is 1. The Hall–Kier alpha value is -3.60. The molecule has 224 valence electrons. The van der Waals surface area contributed by atoms with E-state index in [9.17, 15) is 28.8 Å². The molecule has 1 unspecified atom stereocenters. The molecule has 0 spiro atoms. The van der Waals surface area contributed by atoms with Crippen LogP contribution in [0.5, 0.6) is 0 Å². The lowest BCUT2D eigenvalue weighted by Gasteiger charge is -2.36. The van der Waals surface area contributed by atoms with E-state index >= 15 is 0 Å². The van der Waals surface area contributed by atoms with Gasteiger partial charge in [-0.15, -0.1) is 0 Å².